The maximum atomic E-state index is 5.92. The molecule has 0 fully saturated rings. The molecule has 1 heterocycles. The predicted octanol–water partition coefficient (Wildman–Crippen LogP) is 2.89. The Bertz CT molecular complexity index is 417. The average Bonchev–Trinajstić information content (AvgIpc) is 2.56. The third kappa shape index (κ3) is 1.96. The van der Waals surface area contributed by atoms with Gasteiger partial charge >= 0.3 is 0 Å². The molecule has 0 aliphatic carbocycles. The molecule has 2 aromatic rings. The SMILES string of the molecule is Cc1ccc(Cn2nccc2Cl)cc1. The summed E-state index contributed by atoms with van der Waals surface area (Å²) in [6.07, 6.45) is 1.70. The molecule has 0 aliphatic rings. The van der Waals surface area contributed by atoms with Crippen LogP contribution < -0.4 is 0 Å². The summed E-state index contributed by atoms with van der Waals surface area (Å²) in [5.41, 5.74) is 2.47. The Morgan fingerprint density at radius 1 is 1.21 bits per heavy atom. The number of hydrogen-bond acceptors (Lipinski definition) is 1. The molecule has 3 heteroatoms. The topological polar surface area (TPSA) is 17.8 Å². The van der Waals surface area contributed by atoms with Gasteiger partial charge in [0, 0.05) is 0 Å². The number of benzene rings is 1. The maximum Gasteiger partial charge on any atom is 0.127 e. The van der Waals surface area contributed by atoms with E-state index < -0.39 is 0 Å². The van der Waals surface area contributed by atoms with Crippen LogP contribution in [0, 0.1) is 6.92 Å². The van der Waals surface area contributed by atoms with Gasteiger partial charge in [0.15, 0.2) is 0 Å². The fourth-order valence-electron chi connectivity index (χ4n) is 1.30. The molecule has 72 valence electrons. The number of nitrogens with zero attached hydrogens (tertiary/aromatic N) is 2. The van der Waals surface area contributed by atoms with Crippen molar-refractivity contribution in [2.24, 2.45) is 0 Å². The zero-order chi connectivity index (χ0) is 9.97. The molecule has 0 atom stereocenters. The summed E-state index contributed by atoms with van der Waals surface area (Å²) < 4.78 is 1.77. The first-order chi connectivity index (χ1) is 6.75. The molecule has 0 radical (unpaired) electrons. The Morgan fingerprint density at radius 2 is 1.93 bits per heavy atom. The van der Waals surface area contributed by atoms with Crippen molar-refractivity contribution in [2.75, 3.05) is 0 Å². The zero-order valence-electron chi connectivity index (χ0n) is 7.94. The van der Waals surface area contributed by atoms with E-state index in [4.69, 9.17) is 11.6 Å². The highest BCUT2D eigenvalue weighted by atomic mass is 35.5. The van der Waals surface area contributed by atoms with E-state index in [0.717, 1.165) is 6.54 Å². The molecule has 0 saturated heterocycles. The third-order valence-corrected chi connectivity index (χ3v) is 2.44. The van der Waals surface area contributed by atoms with E-state index in [-0.39, 0.29) is 0 Å². The summed E-state index contributed by atoms with van der Waals surface area (Å²) in [4.78, 5) is 0. The van der Waals surface area contributed by atoms with Gasteiger partial charge in [0.1, 0.15) is 5.15 Å². The van der Waals surface area contributed by atoms with Crippen LogP contribution >= 0.6 is 11.6 Å². The lowest BCUT2D eigenvalue weighted by molar-refractivity contribution is 0.687. The smallest absolute Gasteiger partial charge is 0.127 e. The first-order valence-electron chi connectivity index (χ1n) is 4.48. The Morgan fingerprint density at radius 3 is 2.50 bits per heavy atom. The van der Waals surface area contributed by atoms with Gasteiger partial charge in [-0.15, -0.1) is 0 Å². The summed E-state index contributed by atoms with van der Waals surface area (Å²) in [6, 6.07) is 10.1. The molecular weight excluding hydrogens is 196 g/mol. The van der Waals surface area contributed by atoms with Crippen molar-refractivity contribution in [1.29, 1.82) is 0 Å². The van der Waals surface area contributed by atoms with Crippen LogP contribution in [0.15, 0.2) is 36.5 Å². The second-order valence-electron chi connectivity index (χ2n) is 3.30. The normalized spacial score (nSPS) is 10.4. The first kappa shape index (κ1) is 9.28. The maximum absolute atomic E-state index is 5.92. The van der Waals surface area contributed by atoms with Crippen molar-refractivity contribution in [3.8, 4) is 0 Å². The summed E-state index contributed by atoms with van der Waals surface area (Å²) in [5.74, 6) is 0. The zero-order valence-corrected chi connectivity index (χ0v) is 8.70. The van der Waals surface area contributed by atoms with E-state index in [1.165, 1.54) is 11.1 Å². The lowest BCUT2D eigenvalue weighted by Gasteiger charge is -2.03. The molecule has 1 aromatic carbocycles. The van der Waals surface area contributed by atoms with Crippen LogP contribution in [-0.4, -0.2) is 9.78 Å². The molecule has 2 rings (SSSR count). The minimum absolute atomic E-state index is 0.672. The standard InChI is InChI=1S/C11H11ClN2/c1-9-2-4-10(5-3-9)8-14-11(12)6-7-13-14/h2-7H,8H2,1H3. The molecule has 0 aliphatic heterocycles. The molecule has 0 N–H and O–H groups in total. The van der Waals surface area contributed by atoms with Gasteiger partial charge in [0.05, 0.1) is 12.7 Å². The summed E-state index contributed by atoms with van der Waals surface area (Å²) >= 11 is 5.92. The molecule has 2 nitrogen and oxygen atoms in total. The largest absolute Gasteiger partial charge is 0.250 e. The first-order valence-corrected chi connectivity index (χ1v) is 4.86. The number of hydrogen-bond donors (Lipinski definition) is 0. The van der Waals surface area contributed by atoms with Gasteiger partial charge in [-0.05, 0) is 18.6 Å². The number of aryl methyl sites for hydroxylation is 1. The second-order valence-corrected chi connectivity index (χ2v) is 3.68. The van der Waals surface area contributed by atoms with Crippen LogP contribution in [0.25, 0.3) is 0 Å². The van der Waals surface area contributed by atoms with Gasteiger partial charge in [-0.25, -0.2) is 4.68 Å². The second kappa shape index (κ2) is 3.84. The Labute approximate surface area is 88.1 Å². The summed E-state index contributed by atoms with van der Waals surface area (Å²) in [7, 11) is 0. The molecule has 0 bridgehead atoms. The molecule has 0 spiro atoms. The highest BCUT2D eigenvalue weighted by Gasteiger charge is 1.99. The van der Waals surface area contributed by atoms with Crippen LogP contribution in [0.4, 0.5) is 0 Å². The highest BCUT2D eigenvalue weighted by molar-refractivity contribution is 6.29. The Balaban J connectivity index is 2.19. The third-order valence-electron chi connectivity index (χ3n) is 2.12. The number of halogens is 1. The van der Waals surface area contributed by atoms with E-state index in [2.05, 4.69) is 36.3 Å². The van der Waals surface area contributed by atoms with Crippen molar-refractivity contribution < 1.29 is 0 Å². The van der Waals surface area contributed by atoms with E-state index in [1.54, 1.807) is 16.9 Å². The minimum atomic E-state index is 0.672. The van der Waals surface area contributed by atoms with Crippen molar-refractivity contribution in [2.45, 2.75) is 13.5 Å². The Kier molecular flexibility index (Phi) is 2.55. The van der Waals surface area contributed by atoms with Crippen molar-refractivity contribution in [3.63, 3.8) is 0 Å². The number of rotatable bonds is 2. The van der Waals surface area contributed by atoms with Crippen molar-refractivity contribution in [1.82, 2.24) is 9.78 Å². The van der Waals surface area contributed by atoms with Crippen LogP contribution in [0.5, 0.6) is 0 Å². The van der Waals surface area contributed by atoms with Gasteiger partial charge in [0.2, 0.25) is 0 Å². The quantitative estimate of drug-likeness (QED) is 0.739. The lowest BCUT2D eigenvalue weighted by atomic mass is 10.1. The molecule has 1 aromatic heterocycles. The van der Waals surface area contributed by atoms with Crippen molar-refractivity contribution >= 4 is 11.6 Å². The minimum Gasteiger partial charge on any atom is -0.250 e. The van der Waals surface area contributed by atoms with Crippen LogP contribution in [-0.2, 0) is 6.54 Å². The number of aromatic nitrogens is 2. The average molecular weight is 207 g/mol. The fraction of sp³-hybridized carbons (Fsp3) is 0.182. The van der Waals surface area contributed by atoms with Gasteiger partial charge in [-0.1, -0.05) is 41.4 Å². The highest BCUT2D eigenvalue weighted by Crippen LogP contribution is 2.10. The van der Waals surface area contributed by atoms with Crippen LogP contribution in [0.1, 0.15) is 11.1 Å². The van der Waals surface area contributed by atoms with Gasteiger partial charge in [-0.2, -0.15) is 5.10 Å². The van der Waals surface area contributed by atoms with E-state index in [9.17, 15) is 0 Å². The fourth-order valence-corrected chi connectivity index (χ4v) is 1.46. The predicted molar refractivity (Wildman–Crippen MR) is 57.5 cm³/mol. The molecule has 0 unspecified atom stereocenters. The van der Waals surface area contributed by atoms with Gasteiger partial charge in [-0.3, -0.25) is 0 Å². The van der Waals surface area contributed by atoms with Gasteiger partial charge in [0.25, 0.3) is 0 Å². The van der Waals surface area contributed by atoms with E-state index >= 15 is 0 Å². The lowest BCUT2D eigenvalue weighted by Crippen LogP contribution is -2.01. The van der Waals surface area contributed by atoms with E-state index in [0.29, 0.717) is 5.15 Å². The molecule has 0 amide bonds. The van der Waals surface area contributed by atoms with Crippen LogP contribution in [0.2, 0.25) is 5.15 Å². The molecule has 14 heavy (non-hydrogen) atoms. The van der Waals surface area contributed by atoms with Crippen molar-refractivity contribution in [3.05, 3.63) is 52.8 Å². The van der Waals surface area contributed by atoms with Crippen LogP contribution in [0.3, 0.4) is 0 Å². The molecule has 0 saturated carbocycles. The van der Waals surface area contributed by atoms with E-state index in [1.807, 2.05) is 0 Å². The summed E-state index contributed by atoms with van der Waals surface area (Å²) in [5, 5.41) is 4.79. The summed E-state index contributed by atoms with van der Waals surface area (Å²) in [6.45, 7) is 2.80. The molecular formula is C11H11ClN2. The Hall–Kier alpha value is -1.28. The monoisotopic (exact) mass is 206 g/mol. The van der Waals surface area contributed by atoms with Gasteiger partial charge < -0.3 is 0 Å².